The Bertz CT molecular complexity index is 975. The monoisotopic (exact) mass is 380 g/mol. The number of aromatic nitrogens is 1. The summed E-state index contributed by atoms with van der Waals surface area (Å²) in [4.78, 5) is 21.4. The Morgan fingerprint density at radius 2 is 2.19 bits per heavy atom. The molecule has 2 heterocycles. The van der Waals surface area contributed by atoms with Crippen molar-refractivity contribution in [1.29, 1.82) is 0 Å². The van der Waals surface area contributed by atoms with E-state index >= 15 is 0 Å². The maximum Gasteiger partial charge on any atom is 0.292 e. The van der Waals surface area contributed by atoms with E-state index in [4.69, 9.17) is 0 Å². The molecule has 1 amide bonds. The fourth-order valence-corrected chi connectivity index (χ4v) is 5.89. The van der Waals surface area contributed by atoms with Crippen molar-refractivity contribution in [3.8, 4) is 0 Å². The van der Waals surface area contributed by atoms with E-state index in [1.54, 1.807) is 22.7 Å². The Labute approximate surface area is 163 Å². The quantitative estimate of drug-likeness (QED) is 0.816. The summed E-state index contributed by atoms with van der Waals surface area (Å²) >= 11 is 1.60. The number of fused-ring (bicyclic) bond motifs is 3. The molecule has 3 aliphatic carbocycles. The summed E-state index contributed by atoms with van der Waals surface area (Å²) in [5.41, 5.74) is 8.16. The average Bonchev–Trinajstić information content (AvgIpc) is 3.24. The predicted octanol–water partition coefficient (Wildman–Crippen LogP) is 4.08. The van der Waals surface area contributed by atoms with E-state index in [2.05, 4.69) is 42.2 Å². The van der Waals surface area contributed by atoms with E-state index in [1.165, 1.54) is 6.42 Å². The van der Waals surface area contributed by atoms with E-state index in [0.717, 1.165) is 34.0 Å². The van der Waals surface area contributed by atoms with Crippen LogP contribution in [0.25, 0.3) is 16.3 Å². The van der Waals surface area contributed by atoms with Crippen molar-refractivity contribution in [2.75, 3.05) is 0 Å². The number of rotatable bonds is 3. The molecule has 0 spiro atoms. The van der Waals surface area contributed by atoms with E-state index in [9.17, 15) is 4.79 Å². The highest BCUT2D eigenvalue weighted by atomic mass is 32.1. The number of carbonyl (C=O) groups is 1. The summed E-state index contributed by atoms with van der Waals surface area (Å²) < 4.78 is 1.12. The minimum absolute atomic E-state index is 0.0786. The van der Waals surface area contributed by atoms with Crippen LogP contribution in [0.4, 0.5) is 0 Å². The minimum atomic E-state index is -0.0786. The average molecular weight is 381 g/mol. The lowest BCUT2D eigenvalue weighted by atomic mass is 9.45. The van der Waals surface area contributed by atoms with Gasteiger partial charge in [-0.1, -0.05) is 26.8 Å². The smallest absolute Gasteiger partial charge is 0.265 e. The van der Waals surface area contributed by atoms with Crippen molar-refractivity contribution in [1.82, 2.24) is 15.4 Å². The zero-order chi connectivity index (χ0) is 18.8. The van der Waals surface area contributed by atoms with Crippen LogP contribution < -0.4 is 5.43 Å². The highest BCUT2D eigenvalue weighted by molar-refractivity contribution is 7.16. The fourth-order valence-electron chi connectivity index (χ4n) is 5.16. The van der Waals surface area contributed by atoms with Crippen LogP contribution in [-0.4, -0.2) is 28.3 Å². The first-order valence-corrected chi connectivity index (χ1v) is 10.5. The molecule has 1 aliphatic heterocycles. The van der Waals surface area contributed by atoms with Crippen molar-refractivity contribution in [3.63, 3.8) is 0 Å². The van der Waals surface area contributed by atoms with E-state index < -0.39 is 0 Å². The van der Waals surface area contributed by atoms with Gasteiger partial charge in [0.2, 0.25) is 0 Å². The number of nitrogens with one attached hydrogen (secondary N) is 1. The van der Waals surface area contributed by atoms with Crippen LogP contribution in [0.2, 0.25) is 0 Å². The van der Waals surface area contributed by atoms with Crippen LogP contribution in [-0.2, 0) is 4.79 Å². The van der Waals surface area contributed by atoms with Gasteiger partial charge in [0, 0.05) is 6.04 Å². The van der Waals surface area contributed by atoms with Gasteiger partial charge in [0.25, 0.3) is 5.91 Å². The molecule has 140 valence electrons. The number of carbonyl (C=O) groups excluding carboxylic acids is 1. The van der Waals surface area contributed by atoms with E-state index in [0.29, 0.717) is 23.1 Å². The summed E-state index contributed by atoms with van der Waals surface area (Å²) in [6.45, 7) is 7.10. The van der Waals surface area contributed by atoms with Gasteiger partial charge in [0.15, 0.2) is 0 Å². The van der Waals surface area contributed by atoms with Gasteiger partial charge in [-0.25, -0.2) is 20.4 Å². The van der Waals surface area contributed by atoms with Gasteiger partial charge < -0.3 is 0 Å². The molecule has 3 fully saturated rings. The maximum absolute atomic E-state index is 12.8. The largest absolute Gasteiger partial charge is 0.292 e. The zero-order valence-electron chi connectivity index (χ0n) is 15.8. The third-order valence-electron chi connectivity index (χ3n) is 7.07. The van der Waals surface area contributed by atoms with Crippen LogP contribution in [0.5, 0.6) is 0 Å². The number of hydrogen-bond acceptors (Lipinski definition) is 5. The highest BCUT2D eigenvalue weighted by Gasteiger charge is 2.56. The minimum Gasteiger partial charge on any atom is -0.265 e. The summed E-state index contributed by atoms with van der Waals surface area (Å²) in [5.74, 6) is 1.98. The number of hydrogen-bond donors (Lipinski definition) is 1. The van der Waals surface area contributed by atoms with E-state index in [1.807, 2.05) is 23.7 Å². The van der Waals surface area contributed by atoms with Gasteiger partial charge in [-0.05, 0) is 59.8 Å². The number of aliphatic imine (C=N–C) groups is 1. The first kappa shape index (κ1) is 17.1. The molecule has 0 saturated heterocycles. The van der Waals surface area contributed by atoms with Gasteiger partial charge in [-0.3, -0.25) is 4.79 Å². The third-order valence-corrected chi connectivity index (χ3v) is 7.86. The number of thiazole rings is 1. The number of amides is 1. The normalized spacial score (nSPS) is 33.1. The molecule has 4 aliphatic rings. The second-order valence-electron chi connectivity index (χ2n) is 8.72. The lowest BCUT2D eigenvalue weighted by molar-refractivity contribution is -0.135. The van der Waals surface area contributed by atoms with Crippen molar-refractivity contribution >= 4 is 39.9 Å². The topological polar surface area (TPSA) is 57.6 Å². The third kappa shape index (κ3) is 2.65. The van der Waals surface area contributed by atoms with Gasteiger partial charge in [-0.15, -0.1) is 11.3 Å². The molecule has 1 aromatic carbocycles. The second-order valence-corrected chi connectivity index (χ2v) is 9.61. The molecule has 0 radical (unpaired) electrons. The van der Waals surface area contributed by atoms with E-state index in [-0.39, 0.29) is 5.91 Å². The number of benzene rings is 1. The summed E-state index contributed by atoms with van der Waals surface area (Å²) in [6, 6.07) is 6.35. The molecule has 0 unspecified atom stereocenters. The Balaban J connectivity index is 1.30. The fraction of sp³-hybridized carbons (Fsp3) is 0.476. The molecule has 6 rings (SSSR count). The summed E-state index contributed by atoms with van der Waals surface area (Å²) in [6.07, 6.45) is 5.94. The van der Waals surface area contributed by atoms with Crippen LogP contribution in [0.15, 0.2) is 34.4 Å². The SMILES string of the molecule is C[C@@H]1[C@@H](NN2C=N/C(=C\c3ccc4ncsc4c3)C2=O)C[C@H]2C[C@@H]1C2(C)C. The number of hydrazine groups is 1. The lowest BCUT2D eigenvalue weighted by Crippen LogP contribution is -2.62. The molecular formula is C21H24N4OS. The predicted molar refractivity (Wildman–Crippen MR) is 109 cm³/mol. The van der Waals surface area contributed by atoms with Crippen LogP contribution >= 0.6 is 11.3 Å². The van der Waals surface area contributed by atoms with Gasteiger partial charge in [0.05, 0.1) is 15.7 Å². The molecule has 1 N–H and O–H groups in total. The molecule has 1 aromatic heterocycles. The Kier molecular flexibility index (Phi) is 3.78. The van der Waals surface area contributed by atoms with Crippen LogP contribution in [0.3, 0.4) is 0 Å². The zero-order valence-corrected chi connectivity index (χ0v) is 16.7. The number of nitrogens with zero attached hydrogens (tertiary/aromatic N) is 3. The van der Waals surface area contributed by atoms with Crippen LogP contribution in [0, 0.1) is 23.2 Å². The van der Waals surface area contributed by atoms with Gasteiger partial charge >= 0.3 is 0 Å². The van der Waals surface area contributed by atoms with Crippen molar-refractivity contribution in [2.24, 2.45) is 28.2 Å². The van der Waals surface area contributed by atoms with Crippen molar-refractivity contribution in [3.05, 3.63) is 35.0 Å². The molecule has 6 heteroatoms. The summed E-state index contributed by atoms with van der Waals surface area (Å²) in [7, 11) is 0. The Morgan fingerprint density at radius 3 is 2.96 bits per heavy atom. The molecule has 27 heavy (non-hydrogen) atoms. The van der Waals surface area contributed by atoms with Gasteiger partial charge in [0.1, 0.15) is 12.0 Å². The molecular weight excluding hydrogens is 356 g/mol. The van der Waals surface area contributed by atoms with Crippen molar-refractivity contribution in [2.45, 2.75) is 39.7 Å². The van der Waals surface area contributed by atoms with Crippen molar-refractivity contribution < 1.29 is 4.79 Å². The lowest BCUT2D eigenvalue weighted by Gasteiger charge is -2.62. The molecule has 3 saturated carbocycles. The molecule has 4 atom stereocenters. The molecule has 5 nitrogen and oxygen atoms in total. The Morgan fingerprint density at radius 1 is 1.33 bits per heavy atom. The first-order chi connectivity index (χ1) is 12.9. The summed E-state index contributed by atoms with van der Waals surface area (Å²) in [5, 5.41) is 1.58. The standard InChI is InChI=1S/C21H24N4OS/c1-12-15-8-14(21(15,2)3)9-17(12)24-25-10-22-18(20(25)26)6-13-4-5-16-19(7-13)27-11-23-16/h4-7,10-12,14-15,17,24H,8-9H2,1-3H3/b18-6-/t12-,14+,15-,17-/m0/s1. The second kappa shape index (κ2) is 5.97. The van der Waals surface area contributed by atoms with Crippen LogP contribution in [0.1, 0.15) is 39.2 Å². The maximum atomic E-state index is 12.8. The highest BCUT2D eigenvalue weighted by Crippen LogP contribution is 2.61. The first-order valence-electron chi connectivity index (χ1n) is 9.62. The Hall–Kier alpha value is -2.05. The molecule has 2 bridgehead atoms. The molecule has 2 aromatic rings. The van der Waals surface area contributed by atoms with Gasteiger partial charge in [-0.2, -0.15) is 0 Å².